The van der Waals surface area contributed by atoms with E-state index in [2.05, 4.69) is 22.2 Å². The van der Waals surface area contributed by atoms with Gasteiger partial charge in [0.2, 0.25) is 5.96 Å². The smallest absolute Gasteiger partial charge is 0.208 e. The van der Waals surface area contributed by atoms with Gasteiger partial charge in [-0.3, -0.25) is 5.43 Å². The molecule has 3 N–H and O–H groups in total. The molecular weight excluding hydrogens is 188 g/mol. The number of nitrogens with zero attached hydrogens (tertiary/aromatic N) is 2. The number of hydrogen-bond donors (Lipinski definition) is 2. The highest BCUT2D eigenvalue weighted by Crippen LogP contribution is 2.24. The number of nitrogens with two attached hydrogens (primary N) is 1. The number of aliphatic imine (C=N–C) groups is 1. The summed E-state index contributed by atoms with van der Waals surface area (Å²) in [5.41, 5.74) is 2.78. The fourth-order valence-corrected chi connectivity index (χ4v) is 2.16. The summed E-state index contributed by atoms with van der Waals surface area (Å²) in [4.78, 5) is 6.97. The molecule has 1 heterocycles. The largest absolute Gasteiger partial charge is 0.339 e. The molecule has 1 aliphatic carbocycles. The van der Waals surface area contributed by atoms with Crippen LogP contribution in [-0.2, 0) is 0 Å². The predicted octanol–water partition coefficient (Wildman–Crippen LogP) is 1.23. The minimum absolute atomic E-state index is 0.534. The third-order valence-corrected chi connectivity index (χ3v) is 3.31. The van der Waals surface area contributed by atoms with E-state index >= 15 is 0 Å². The van der Waals surface area contributed by atoms with Gasteiger partial charge in [0.15, 0.2) is 0 Å². The van der Waals surface area contributed by atoms with Gasteiger partial charge in [-0.05, 0) is 32.6 Å². The van der Waals surface area contributed by atoms with Crippen molar-refractivity contribution in [3.05, 3.63) is 0 Å². The molecule has 0 bridgehead atoms. The van der Waals surface area contributed by atoms with Crippen molar-refractivity contribution in [1.29, 1.82) is 0 Å². The summed E-state index contributed by atoms with van der Waals surface area (Å²) in [7, 11) is 0. The molecule has 2 aliphatic rings. The van der Waals surface area contributed by atoms with Crippen molar-refractivity contribution in [2.75, 3.05) is 6.54 Å². The highest BCUT2D eigenvalue weighted by Gasteiger charge is 2.25. The van der Waals surface area contributed by atoms with Crippen molar-refractivity contribution in [2.24, 2.45) is 10.8 Å². The van der Waals surface area contributed by atoms with Crippen LogP contribution in [0.2, 0.25) is 0 Å². The maximum Gasteiger partial charge on any atom is 0.208 e. The number of rotatable bonds is 1. The summed E-state index contributed by atoms with van der Waals surface area (Å²) < 4.78 is 0. The van der Waals surface area contributed by atoms with Crippen LogP contribution in [0.15, 0.2) is 4.99 Å². The van der Waals surface area contributed by atoms with Crippen LogP contribution >= 0.6 is 0 Å². The monoisotopic (exact) mass is 210 g/mol. The second-order valence-electron chi connectivity index (χ2n) is 4.72. The summed E-state index contributed by atoms with van der Waals surface area (Å²) in [6.07, 6.45) is 7.64. The Morgan fingerprint density at radius 3 is 2.73 bits per heavy atom. The summed E-state index contributed by atoms with van der Waals surface area (Å²) in [6.45, 7) is 3.36. The van der Waals surface area contributed by atoms with Crippen LogP contribution in [0.25, 0.3) is 0 Å². The standard InChI is InChI=1S/C11H22N4/c1-9-5-3-2-4-8-15(9)11(14-12)13-10-6-7-10/h9-10H,2-8,12H2,1H3,(H,13,14). The molecule has 0 amide bonds. The van der Waals surface area contributed by atoms with E-state index in [0.29, 0.717) is 12.1 Å². The number of hydrogen-bond acceptors (Lipinski definition) is 2. The van der Waals surface area contributed by atoms with Gasteiger partial charge in [0.1, 0.15) is 0 Å². The molecule has 0 aromatic carbocycles. The average molecular weight is 210 g/mol. The topological polar surface area (TPSA) is 53.6 Å². The van der Waals surface area contributed by atoms with E-state index in [1.807, 2.05) is 0 Å². The SMILES string of the molecule is CC1CCCCCN1C(=NC1CC1)NN. The first-order chi connectivity index (χ1) is 7.31. The van der Waals surface area contributed by atoms with Gasteiger partial charge < -0.3 is 4.90 Å². The third-order valence-electron chi connectivity index (χ3n) is 3.31. The van der Waals surface area contributed by atoms with Gasteiger partial charge in [-0.1, -0.05) is 12.8 Å². The maximum absolute atomic E-state index is 5.57. The van der Waals surface area contributed by atoms with Crippen LogP contribution in [0.5, 0.6) is 0 Å². The zero-order valence-corrected chi connectivity index (χ0v) is 9.58. The lowest BCUT2D eigenvalue weighted by Gasteiger charge is -2.29. The molecule has 15 heavy (non-hydrogen) atoms. The molecule has 1 saturated heterocycles. The van der Waals surface area contributed by atoms with Crippen LogP contribution in [0.3, 0.4) is 0 Å². The Hall–Kier alpha value is -0.770. The van der Waals surface area contributed by atoms with Crippen LogP contribution < -0.4 is 11.3 Å². The fourth-order valence-electron chi connectivity index (χ4n) is 2.16. The molecule has 0 spiro atoms. The second kappa shape index (κ2) is 4.84. The molecule has 4 heteroatoms. The van der Waals surface area contributed by atoms with Crippen LogP contribution in [0.1, 0.15) is 45.4 Å². The van der Waals surface area contributed by atoms with E-state index in [1.165, 1.54) is 38.5 Å². The molecule has 0 radical (unpaired) electrons. The Morgan fingerprint density at radius 1 is 1.27 bits per heavy atom. The summed E-state index contributed by atoms with van der Waals surface area (Å²) in [6, 6.07) is 1.10. The Labute approximate surface area is 91.9 Å². The summed E-state index contributed by atoms with van der Waals surface area (Å²) >= 11 is 0. The van der Waals surface area contributed by atoms with Gasteiger partial charge in [0.25, 0.3) is 0 Å². The van der Waals surface area contributed by atoms with Crippen molar-refractivity contribution in [3.63, 3.8) is 0 Å². The van der Waals surface area contributed by atoms with Crippen molar-refractivity contribution >= 4 is 5.96 Å². The molecule has 2 rings (SSSR count). The average Bonchev–Trinajstić information content (AvgIpc) is 3.03. The molecule has 1 atom stereocenters. The molecular formula is C11H22N4. The van der Waals surface area contributed by atoms with Gasteiger partial charge in [0, 0.05) is 12.6 Å². The lowest BCUT2D eigenvalue weighted by atomic mass is 10.1. The van der Waals surface area contributed by atoms with Crippen LogP contribution in [0.4, 0.5) is 0 Å². The lowest BCUT2D eigenvalue weighted by molar-refractivity contribution is 0.324. The van der Waals surface area contributed by atoms with Gasteiger partial charge >= 0.3 is 0 Å². The number of guanidine groups is 1. The maximum atomic E-state index is 5.57. The predicted molar refractivity (Wildman–Crippen MR) is 62.4 cm³/mol. The zero-order chi connectivity index (χ0) is 10.7. The van der Waals surface area contributed by atoms with Crippen molar-refractivity contribution < 1.29 is 0 Å². The van der Waals surface area contributed by atoms with Crippen molar-refractivity contribution in [3.8, 4) is 0 Å². The van der Waals surface area contributed by atoms with Gasteiger partial charge in [0.05, 0.1) is 6.04 Å². The number of likely N-dealkylation sites (tertiary alicyclic amines) is 1. The molecule has 86 valence electrons. The summed E-state index contributed by atoms with van der Waals surface area (Å²) in [5, 5.41) is 0. The van der Waals surface area contributed by atoms with E-state index in [4.69, 9.17) is 5.84 Å². The number of hydrazine groups is 1. The molecule has 0 aromatic rings. The first-order valence-electron chi connectivity index (χ1n) is 6.12. The van der Waals surface area contributed by atoms with E-state index in [0.717, 1.165) is 12.5 Å². The summed E-state index contributed by atoms with van der Waals surface area (Å²) in [5.74, 6) is 6.48. The Bertz CT molecular complexity index is 235. The second-order valence-corrected chi connectivity index (χ2v) is 4.72. The van der Waals surface area contributed by atoms with E-state index in [9.17, 15) is 0 Å². The Balaban J connectivity index is 2.03. The van der Waals surface area contributed by atoms with Crippen molar-refractivity contribution in [2.45, 2.75) is 57.5 Å². The first-order valence-corrected chi connectivity index (χ1v) is 6.12. The highest BCUT2D eigenvalue weighted by atomic mass is 15.4. The minimum Gasteiger partial charge on any atom is -0.339 e. The fraction of sp³-hybridized carbons (Fsp3) is 0.909. The van der Waals surface area contributed by atoms with E-state index in [1.54, 1.807) is 0 Å². The molecule has 2 fully saturated rings. The first kappa shape index (κ1) is 10.7. The molecule has 0 aromatic heterocycles. The molecule has 4 nitrogen and oxygen atoms in total. The van der Waals surface area contributed by atoms with Crippen LogP contribution in [0, 0.1) is 0 Å². The van der Waals surface area contributed by atoms with Gasteiger partial charge in [-0.2, -0.15) is 0 Å². The van der Waals surface area contributed by atoms with E-state index in [-0.39, 0.29) is 0 Å². The molecule has 1 unspecified atom stereocenters. The van der Waals surface area contributed by atoms with Gasteiger partial charge in [-0.15, -0.1) is 0 Å². The Morgan fingerprint density at radius 2 is 2.07 bits per heavy atom. The third kappa shape index (κ3) is 2.84. The lowest BCUT2D eigenvalue weighted by Crippen LogP contribution is -2.48. The molecule has 1 aliphatic heterocycles. The van der Waals surface area contributed by atoms with Crippen LogP contribution in [-0.4, -0.2) is 29.5 Å². The van der Waals surface area contributed by atoms with Gasteiger partial charge in [-0.25, -0.2) is 10.8 Å². The van der Waals surface area contributed by atoms with Crippen molar-refractivity contribution in [1.82, 2.24) is 10.3 Å². The Kier molecular flexibility index (Phi) is 3.46. The van der Waals surface area contributed by atoms with E-state index < -0.39 is 0 Å². The quantitative estimate of drug-likeness (QED) is 0.296. The highest BCUT2D eigenvalue weighted by molar-refractivity contribution is 5.80. The normalized spacial score (nSPS) is 28.8. The minimum atomic E-state index is 0.534. The zero-order valence-electron chi connectivity index (χ0n) is 9.58. The number of nitrogens with one attached hydrogen (secondary N) is 1. The molecule has 1 saturated carbocycles.